The first-order valence-corrected chi connectivity index (χ1v) is 7.78. The van der Waals surface area contributed by atoms with Gasteiger partial charge in [0.1, 0.15) is 5.69 Å². The lowest BCUT2D eigenvalue weighted by atomic mass is 10.1. The number of hydrogen-bond acceptors (Lipinski definition) is 3. The van der Waals surface area contributed by atoms with E-state index in [1.54, 1.807) is 30.5 Å². The summed E-state index contributed by atoms with van der Waals surface area (Å²) < 4.78 is 0. The van der Waals surface area contributed by atoms with Gasteiger partial charge in [-0.15, -0.1) is 0 Å². The molecule has 0 spiro atoms. The summed E-state index contributed by atoms with van der Waals surface area (Å²) in [6, 6.07) is 16.1. The number of hydrazone groups is 1. The molecule has 3 aromatic rings. The average molecular weight is 359 g/mol. The minimum absolute atomic E-state index is 0.270. The zero-order valence-corrected chi connectivity index (χ0v) is 13.8. The van der Waals surface area contributed by atoms with Gasteiger partial charge in [0.2, 0.25) is 0 Å². The summed E-state index contributed by atoms with van der Waals surface area (Å²) in [4.78, 5) is 12.1. The Bertz CT molecular complexity index is 891. The highest BCUT2D eigenvalue weighted by Gasteiger charge is 2.12. The minimum atomic E-state index is -0.404. The van der Waals surface area contributed by atoms with Crippen LogP contribution in [0.2, 0.25) is 10.0 Å². The summed E-state index contributed by atoms with van der Waals surface area (Å²) in [6.07, 6.45) is 1.56. The van der Waals surface area contributed by atoms with Crippen LogP contribution >= 0.6 is 23.2 Å². The molecule has 5 nitrogen and oxygen atoms in total. The lowest BCUT2D eigenvalue weighted by Crippen LogP contribution is -2.17. The molecule has 0 bridgehead atoms. The van der Waals surface area contributed by atoms with E-state index in [2.05, 4.69) is 20.7 Å². The predicted molar refractivity (Wildman–Crippen MR) is 95.5 cm³/mol. The minimum Gasteiger partial charge on any atom is -0.272 e. The Morgan fingerprint density at radius 2 is 1.92 bits per heavy atom. The van der Waals surface area contributed by atoms with E-state index in [4.69, 9.17) is 23.2 Å². The van der Waals surface area contributed by atoms with E-state index < -0.39 is 5.91 Å². The molecule has 7 heteroatoms. The Labute approximate surface area is 148 Å². The highest BCUT2D eigenvalue weighted by molar-refractivity contribution is 6.35. The maximum atomic E-state index is 12.1. The molecule has 1 heterocycles. The normalized spacial score (nSPS) is 10.9. The van der Waals surface area contributed by atoms with Gasteiger partial charge in [-0.1, -0.05) is 53.5 Å². The Balaban J connectivity index is 1.72. The fourth-order valence-corrected chi connectivity index (χ4v) is 2.42. The van der Waals surface area contributed by atoms with Crippen molar-refractivity contribution >= 4 is 35.3 Å². The largest absolute Gasteiger partial charge is 0.289 e. The quantitative estimate of drug-likeness (QED) is 0.543. The molecule has 0 saturated heterocycles. The van der Waals surface area contributed by atoms with Gasteiger partial charge in [-0.3, -0.25) is 9.89 Å². The molecule has 0 aliphatic heterocycles. The van der Waals surface area contributed by atoms with Gasteiger partial charge in [0.25, 0.3) is 5.91 Å². The zero-order chi connectivity index (χ0) is 16.9. The van der Waals surface area contributed by atoms with Crippen LogP contribution in [0, 0.1) is 0 Å². The zero-order valence-electron chi connectivity index (χ0n) is 12.3. The van der Waals surface area contributed by atoms with Crippen LogP contribution in [0.3, 0.4) is 0 Å². The first-order chi connectivity index (χ1) is 11.6. The van der Waals surface area contributed by atoms with E-state index in [9.17, 15) is 4.79 Å². The molecule has 120 valence electrons. The number of hydrogen-bond donors (Lipinski definition) is 2. The van der Waals surface area contributed by atoms with Crippen molar-refractivity contribution in [2.24, 2.45) is 5.10 Å². The first-order valence-electron chi connectivity index (χ1n) is 7.03. The lowest BCUT2D eigenvalue weighted by Gasteiger charge is -2.00. The van der Waals surface area contributed by atoms with Crippen LogP contribution in [0.4, 0.5) is 0 Å². The smallest absolute Gasteiger partial charge is 0.272 e. The molecule has 0 saturated carbocycles. The van der Waals surface area contributed by atoms with Gasteiger partial charge in [0.15, 0.2) is 0 Å². The maximum Gasteiger partial charge on any atom is 0.289 e. The molecule has 0 unspecified atom stereocenters. The molecule has 3 rings (SSSR count). The topological polar surface area (TPSA) is 70.1 Å². The third-order valence-electron chi connectivity index (χ3n) is 3.21. The van der Waals surface area contributed by atoms with Crippen molar-refractivity contribution in [1.29, 1.82) is 0 Å². The molecule has 2 aromatic carbocycles. The Hall–Kier alpha value is -2.63. The molecule has 0 atom stereocenters. The second kappa shape index (κ2) is 7.29. The monoisotopic (exact) mass is 358 g/mol. The molecule has 0 aliphatic carbocycles. The standard InChI is InChI=1S/C17H12Cl2N4O/c18-12-6-7-14(19)13(8-12)15-9-16(22-21-15)17(24)23-20-10-11-4-2-1-3-5-11/h1-10H,(H,21,22)(H,23,24)/b20-10+. The molecule has 0 aliphatic rings. The molecular weight excluding hydrogens is 347 g/mol. The summed E-state index contributed by atoms with van der Waals surface area (Å²) >= 11 is 12.1. The van der Waals surface area contributed by atoms with Gasteiger partial charge < -0.3 is 0 Å². The van der Waals surface area contributed by atoms with Crippen molar-refractivity contribution in [2.75, 3.05) is 0 Å². The highest BCUT2D eigenvalue weighted by atomic mass is 35.5. The molecule has 0 radical (unpaired) electrons. The number of carbonyl (C=O) groups is 1. The highest BCUT2D eigenvalue weighted by Crippen LogP contribution is 2.29. The third kappa shape index (κ3) is 3.82. The van der Waals surface area contributed by atoms with Crippen molar-refractivity contribution in [3.05, 3.63) is 75.9 Å². The number of aromatic nitrogens is 2. The molecule has 1 amide bonds. The summed E-state index contributed by atoms with van der Waals surface area (Å²) in [5.74, 6) is -0.404. The number of nitrogens with zero attached hydrogens (tertiary/aromatic N) is 2. The second-order valence-corrected chi connectivity index (χ2v) is 5.74. The number of benzene rings is 2. The number of rotatable bonds is 4. The van der Waals surface area contributed by atoms with E-state index in [-0.39, 0.29) is 5.69 Å². The van der Waals surface area contributed by atoms with Crippen LogP contribution in [-0.2, 0) is 0 Å². The van der Waals surface area contributed by atoms with Crippen LogP contribution in [0.1, 0.15) is 16.1 Å². The summed E-state index contributed by atoms with van der Waals surface area (Å²) in [7, 11) is 0. The third-order valence-corrected chi connectivity index (χ3v) is 3.77. The van der Waals surface area contributed by atoms with E-state index in [1.807, 2.05) is 30.3 Å². The van der Waals surface area contributed by atoms with Crippen molar-refractivity contribution in [2.45, 2.75) is 0 Å². The summed E-state index contributed by atoms with van der Waals surface area (Å²) in [5.41, 5.74) is 4.76. The van der Waals surface area contributed by atoms with Crippen molar-refractivity contribution in [3.8, 4) is 11.3 Å². The molecule has 2 N–H and O–H groups in total. The number of nitrogens with one attached hydrogen (secondary N) is 2. The van der Waals surface area contributed by atoms with Crippen LogP contribution in [0.25, 0.3) is 11.3 Å². The number of carbonyl (C=O) groups excluding carboxylic acids is 1. The number of aromatic amines is 1. The first kappa shape index (κ1) is 16.2. The van der Waals surface area contributed by atoms with Crippen LogP contribution in [0.15, 0.2) is 59.7 Å². The number of amides is 1. The molecule has 24 heavy (non-hydrogen) atoms. The van der Waals surface area contributed by atoms with Crippen molar-refractivity contribution < 1.29 is 4.79 Å². The number of halogens is 2. The van der Waals surface area contributed by atoms with Gasteiger partial charge in [0, 0.05) is 10.6 Å². The fourth-order valence-electron chi connectivity index (χ4n) is 2.03. The predicted octanol–water partition coefficient (Wildman–Crippen LogP) is 4.15. The lowest BCUT2D eigenvalue weighted by molar-refractivity contribution is 0.0950. The van der Waals surface area contributed by atoms with E-state index >= 15 is 0 Å². The van der Waals surface area contributed by atoms with Crippen LogP contribution in [-0.4, -0.2) is 22.3 Å². The molecule has 1 aromatic heterocycles. The Morgan fingerprint density at radius 3 is 2.71 bits per heavy atom. The van der Waals surface area contributed by atoms with Gasteiger partial charge in [-0.25, -0.2) is 5.43 Å². The van der Waals surface area contributed by atoms with Gasteiger partial charge in [-0.05, 0) is 29.8 Å². The van der Waals surface area contributed by atoms with E-state index in [0.29, 0.717) is 21.3 Å². The SMILES string of the molecule is O=C(N/N=C/c1ccccc1)c1cc(-c2cc(Cl)ccc2Cl)n[nH]1. The maximum absolute atomic E-state index is 12.1. The van der Waals surface area contributed by atoms with Crippen LogP contribution < -0.4 is 5.43 Å². The average Bonchev–Trinajstić information content (AvgIpc) is 3.08. The fraction of sp³-hybridized carbons (Fsp3) is 0. The van der Waals surface area contributed by atoms with E-state index in [0.717, 1.165) is 5.56 Å². The summed E-state index contributed by atoms with van der Waals surface area (Å²) in [5, 5.41) is 11.7. The molecule has 0 fully saturated rings. The van der Waals surface area contributed by atoms with Crippen LogP contribution in [0.5, 0.6) is 0 Å². The Morgan fingerprint density at radius 1 is 1.12 bits per heavy atom. The number of H-pyrrole nitrogens is 1. The Kier molecular flexibility index (Phi) is 4.93. The van der Waals surface area contributed by atoms with E-state index in [1.165, 1.54) is 0 Å². The van der Waals surface area contributed by atoms with Gasteiger partial charge >= 0.3 is 0 Å². The van der Waals surface area contributed by atoms with Gasteiger partial charge in [-0.2, -0.15) is 10.2 Å². The molecular formula is C17H12Cl2N4O. The van der Waals surface area contributed by atoms with Gasteiger partial charge in [0.05, 0.1) is 16.9 Å². The second-order valence-electron chi connectivity index (χ2n) is 4.90. The summed E-state index contributed by atoms with van der Waals surface area (Å²) in [6.45, 7) is 0. The van der Waals surface area contributed by atoms with Crippen molar-refractivity contribution in [3.63, 3.8) is 0 Å². The van der Waals surface area contributed by atoms with Crippen molar-refractivity contribution in [1.82, 2.24) is 15.6 Å².